The number of hydrogen-bond donors (Lipinski definition) is 0. The molecule has 0 amide bonds. The van der Waals surface area contributed by atoms with Gasteiger partial charge in [0.05, 0.1) is 26.9 Å². The van der Waals surface area contributed by atoms with Gasteiger partial charge in [-0.3, -0.25) is 9.36 Å². The van der Waals surface area contributed by atoms with Crippen molar-refractivity contribution in [1.29, 1.82) is 0 Å². The number of thiazole rings is 1. The van der Waals surface area contributed by atoms with Crippen molar-refractivity contribution in [3.8, 4) is 5.75 Å². The van der Waals surface area contributed by atoms with E-state index >= 15 is 0 Å². The molecule has 4 aromatic rings. The predicted octanol–water partition coefficient (Wildman–Crippen LogP) is 7.10. The molecule has 0 spiro atoms. The van der Waals surface area contributed by atoms with Crippen molar-refractivity contribution in [3.63, 3.8) is 0 Å². The van der Waals surface area contributed by atoms with Crippen molar-refractivity contribution in [2.24, 2.45) is 4.99 Å². The van der Waals surface area contributed by atoms with Gasteiger partial charge in [-0.1, -0.05) is 76.5 Å². The van der Waals surface area contributed by atoms with Crippen molar-refractivity contribution in [2.45, 2.75) is 26.5 Å². The molecule has 0 saturated carbocycles. The van der Waals surface area contributed by atoms with Crippen LogP contribution in [0.1, 0.15) is 36.6 Å². The number of halogens is 4. The van der Waals surface area contributed by atoms with E-state index in [2.05, 4.69) is 20.9 Å². The van der Waals surface area contributed by atoms with Crippen LogP contribution in [0.25, 0.3) is 6.08 Å². The third-order valence-electron chi connectivity index (χ3n) is 6.34. The molecule has 0 radical (unpaired) electrons. The Balaban J connectivity index is 1.65. The predicted molar refractivity (Wildman–Crippen MR) is 167 cm³/mol. The second-order valence-corrected chi connectivity index (χ2v) is 12.2. The van der Waals surface area contributed by atoms with Gasteiger partial charge >= 0.3 is 5.97 Å². The molecule has 3 aromatic carbocycles. The molecule has 1 aliphatic rings. The molecule has 0 unspecified atom stereocenters. The maximum absolute atomic E-state index is 14.0. The van der Waals surface area contributed by atoms with Gasteiger partial charge in [0.2, 0.25) is 0 Å². The molecule has 41 heavy (non-hydrogen) atoms. The Bertz CT molecular complexity index is 1870. The lowest BCUT2D eigenvalue weighted by atomic mass is 9.96. The third kappa shape index (κ3) is 6.17. The van der Waals surface area contributed by atoms with Crippen LogP contribution >= 0.6 is 62.1 Å². The minimum Gasteiger partial charge on any atom is -0.487 e. The number of carbonyl (C=O) groups excluding carboxylic acids is 1. The first-order chi connectivity index (χ1) is 19.7. The van der Waals surface area contributed by atoms with Crippen LogP contribution in [-0.2, 0) is 16.1 Å². The molecule has 6 nitrogen and oxygen atoms in total. The van der Waals surface area contributed by atoms with Crippen molar-refractivity contribution in [1.82, 2.24) is 4.57 Å². The molecule has 210 valence electrons. The number of fused-ring (bicyclic) bond motifs is 1. The average molecular weight is 693 g/mol. The summed E-state index contributed by atoms with van der Waals surface area (Å²) >= 11 is 23.7. The highest BCUT2D eigenvalue weighted by Gasteiger charge is 2.34. The van der Waals surface area contributed by atoms with Gasteiger partial charge in [-0.2, -0.15) is 0 Å². The van der Waals surface area contributed by atoms with Crippen molar-refractivity contribution in [3.05, 3.63) is 128 Å². The fraction of sp³-hybridized carbons (Fsp3) is 0.167. The summed E-state index contributed by atoms with van der Waals surface area (Å²) in [7, 11) is 0. The summed E-state index contributed by atoms with van der Waals surface area (Å²) in [6.07, 6.45) is 1.71. The number of allylic oxidation sites excluding steroid dienone is 1. The molecule has 1 aromatic heterocycles. The Morgan fingerprint density at radius 1 is 1.10 bits per heavy atom. The molecule has 0 fully saturated rings. The lowest BCUT2D eigenvalue weighted by Crippen LogP contribution is -2.40. The molecule has 1 atom stereocenters. The maximum atomic E-state index is 14.0. The highest BCUT2D eigenvalue weighted by molar-refractivity contribution is 9.10. The number of hydrogen-bond acceptors (Lipinski definition) is 6. The largest absolute Gasteiger partial charge is 0.487 e. The zero-order valence-electron chi connectivity index (χ0n) is 21.8. The van der Waals surface area contributed by atoms with Crippen molar-refractivity contribution in [2.75, 3.05) is 6.61 Å². The monoisotopic (exact) mass is 690 g/mol. The Morgan fingerprint density at radius 3 is 2.54 bits per heavy atom. The Hall–Kier alpha value is -2.88. The smallest absolute Gasteiger partial charge is 0.338 e. The summed E-state index contributed by atoms with van der Waals surface area (Å²) in [5.41, 5.74) is 2.49. The summed E-state index contributed by atoms with van der Waals surface area (Å²) in [5.74, 6) is -0.0363. The summed E-state index contributed by atoms with van der Waals surface area (Å²) in [4.78, 5) is 32.2. The van der Waals surface area contributed by atoms with E-state index in [0.29, 0.717) is 51.4 Å². The zero-order valence-corrected chi connectivity index (χ0v) is 26.5. The Kier molecular flexibility index (Phi) is 9.06. The van der Waals surface area contributed by atoms with Gasteiger partial charge in [-0.25, -0.2) is 9.79 Å². The van der Waals surface area contributed by atoms with E-state index < -0.39 is 12.0 Å². The standard InChI is InChI=1S/C30H22BrCl3N2O4S/c1-3-39-29(38)25-16(2)35-30-36(26(25)21-6-4-5-7-23(21)34)28(37)24(41-30)13-18-12-20(33)14-22(31)27(18)40-15-17-8-10-19(32)11-9-17/h4-14,26H,3,15H2,1-2H3/b24-13-/t26-/m0/s1. The molecule has 0 saturated heterocycles. The highest BCUT2D eigenvalue weighted by atomic mass is 79.9. The Morgan fingerprint density at radius 2 is 1.83 bits per heavy atom. The van der Waals surface area contributed by atoms with Crippen molar-refractivity contribution < 1.29 is 14.3 Å². The lowest BCUT2D eigenvalue weighted by Gasteiger charge is -2.25. The number of ether oxygens (including phenoxy) is 2. The van der Waals surface area contributed by atoms with Crippen LogP contribution in [-0.4, -0.2) is 17.1 Å². The van der Waals surface area contributed by atoms with Crippen LogP contribution < -0.4 is 19.6 Å². The van der Waals surface area contributed by atoms with E-state index in [4.69, 9.17) is 44.3 Å². The highest BCUT2D eigenvalue weighted by Crippen LogP contribution is 2.36. The van der Waals surface area contributed by atoms with E-state index in [1.807, 2.05) is 18.2 Å². The quantitative estimate of drug-likeness (QED) is 0.194. The second kappa shape index (κ2) is 12.5. The molecule has 0 aliphatic carbocycles. The van der Waals surface area contributed by atoms with E-state index in [0.717, 1.165) is 5.56 Å². The fourth-order valence-corrected chi connectivity index (χ4v) is 6.85. The van der Waals surface area contributed by atoms with Crippen LogP contribution in [0.2, 0.25) is 15.1 Å². The average Bonchev–Trinajstić information content (AvgIpc) is 3.23. The summed E-state index contributed by atoms with van der Waals surface area (Å²) in [6.45, 7) is 3.90. The van der Waals surface area contributed by atoms with Gasteiger partial charge < -0.3 is 9.47 Å². The molecule has 11 heteroatoms. The summed E-state index contributed by atoms with van der Waals surface area (Å²) < 4.78 is 14.0. The lowest BCUT2D eigenvalue weighted by molar-refractivity contribution is -0.139. The number of nitrogens with zero attached hydrogens (tertiary/aromatic N) is 2. The number of rotatable bonds is 7. The molecular weight excluding hydrogens is 671 g/mol. The van der Waals surface area contributed by atoms with Gasteiger partial charge in [0.15, 0.2) is 4.80 Å². The van der Waals surface area contributed by atoms with E-state index in [9.17, 15) is 9.59 Å². The maximum Gasteiger partial charge on any atom is 0.338 e. The number of carbonyl (C=O) groups is 1. The molecule has 5 rings (SSSR count). The normalized spacial score (nSPS) is 15.0. The first-order valence-electron chi connectivity index (χ1n) is 12.5. The van der Waals surface area contributed by atoms with Crippen LogP contribution in [0.4, 0.5) is 0 Å². The molecule has 0 N–H and O–H groups in total. The van der Waals surface area contributed by atoms with Gasteiger partial charge in [0.25, 0.3) is 5.56 Å². The molecule has 1 aliphatic heterocycles. The van der Waals surface area contributed by atoms with E-state index in [1.54, 1.807) is 62.4 Å². The van der Waals surface area contributed by atoms with Crippen LogP contribution in [0.5, 0.6) is 5.75 Å². The summed E-state index contributed by atoms with van der Waals surface area (Å²) in [6, 6.07) is 17.1. The van der Waals surface area contributed by atoms with Gasteiger partial charge in [-0.15, -0.1) is 0 Å². The third-order valence-corrected chi connectivity index (χ3v) is 8.72. The Labute approximate surface area is 263 Å². The molecule has 2 heterocycles. The minimum absolute atomic E-state index is 0.178. The van der Waals surface area contributed by atoms with Crippen LogP contribution in [0.3, 0.4) is 0 Å². The van der Waals surface area contributed by atoms with Gasteiger partial charge in [0, 0.05) is 20.6 Å². The van der Waals surface area contributed by atoms with Crippen molar-refractivity contribution >= 4 is 74.1 Å². The van der Waals surface area contributed by atoms with E-state index in [-0.39, 0.29) is 24.3 Å². The van der Waals surface area contributed by atoms with Crippen LogP contribution in [0.15, 0.2) is 86.2 Å². The molecular formula is C30H22BrCl3N2O4S. The SMILES string of the molecule is CCOC(=O)C1=C(C)N=c2s/c(=C\c3cc(Cl)cc(Br)c3OCc3ccc(Cl)cc3)c(=O)n2[C@H]1c1ccccc1Cl. The first-order valence-corrected chi connectivity index (χ1v) is 15.2. The number of esters is 1. The van der Waals surface area contributed by atoms with Crippen LogP contribution in [0, 0.1) is 0 Å². The summed E-state index contributed by atoms with van der Waals surface area (Å²) in [5, 5.41) is 1.51. The van der Waals surface area contributed by atoms with Gasteiger partial charge in [0.1, 0.15) is 18.4 Å². The van der Waals surface area contributed by atoms with E-state index in [1.165, 1.54) is 15.9 Å². The number of benzene rings is 3. The fourth-order valence-electron chi connectivity index (χ4n) is 4.50. The first kappa shape index (κ1) is 29.6. The number of aromatic nitrogens is 1. The topological polar surface area (TPSA) is 69.9 Å². The minimum atomic E-state index is -0.812. The molecule has 0 bridgehead atoms. The second-order valence-electron chi connectivity index (χ2n) is 9.04. The van der Waals surface area contributed by atoms with Gasteiger partial charge in [-0.05, 0) is 77.3 Å². The zero-order chi connectivity index (χ0) is 29.3.